The lowest BCUT2D eigenvalue weighted by Gasteiger charge is -2.32. The molecule has 2 unspecified atom stereocenters. The molecular weight excluding hydrogens is 396 g/mol. The van der Waals surface area contributed by atoms with E-state index in [1.54, 1.807) is 55.5 Å². The third kappa shape index (κ3) is 4.09. The predicted octanol–water partition coefficient (Wildman–Crippen LogP) is 3.71. The Morgan fingerprint density at radius 2 is 2.00 bits per heavy atom. The molecule has 0 fully saturated rings. The number of carbonyl (C=O) groups is 1. The summed E-state index contributed by atoms with van der Waals surface area (Å²) in [5.41, 5.74) is 3.86. The third-order valence-electron chi connectivity index (χ3n) is 5.63. The average molecular weight is 422 g/mol. The van der Waals surface area contributed by atoms with Crippen molar-refractivity contribution < 1.29 is 24.5 Å². The van der Waals surface area contributed by atoms with Crippen LogP contribution in [0.2, 0.25) is 0 Å². The van der Waals surface area contributed by atoms with Crippen LogP contribution in [0.15, 0.2) is 60.6 Å². The molecule has 0 radical (unpaired) electrons. The van der Waals surface area contributed by atoms with Gasteiger partial charge in [-0.15, -0.1) is 0 Å². The van der Waals surface area contributed by atoms with Crippen molar-refractivity contribution in [1.29, 1.82) is 0 Å². The molecule has 1 aliphatic carbocycles. The van der Waals surface area contributed by atoms with E-state index in [0.29, 0.717) is 18.0 Å². The minimum atomic E-state index is -1.02. The van der Waals surface area contributed by atoms with Crippen molar-refractivity contribution in [1.82, 2.24) is 4.90 Å². The monoisotopic (exact) mass is 422 g/mol. The third-order valence-corrected chi connectivity index (χ3v) is 5.63. The summed E-state index contributed by atoms with van der Waals surface area (Å²) in [7, 11) is 1.59. The van der Waals surface area contributed by atoms with Crippen LogP contribution in [0.4, 0.5) is 5.69 Å². The molecule has 31 heavy (non-hydrogen) atoms. The summed E-state index contributed by atoms with van der Waals surface area (Å²) < 4.78 is 10.1. The number of hydrogen-bond donors (Lipinski definition) is 2. The molecule has 0 bridgehead atoms. The molecular formula is C24H26N2O5. The van der Waals surface area contributed by atoms with Gasteiger partial charge in [0.25, 0.3) is 0 Å². The minimum absolute atomic E-state index is 0.0138. The number of esters is 1. The van der Waals surface area contributed by atoms with Gasteiger partial charge in [0.2, 0.25) is 12.2 Å². The molecule has 162 valence electrons. The fourth-order valence-electron chi connectivity index (χ4n) is 4.16. The quantitative estimate of drug-likeness (QED) is 0.542. The van der Waals surface area contributed by atoms with Crippen molar-refractivity contribution in [3.05, 3.63) is 77.3 Å². The van der Waals surface area contributed by atoms with Gasteiger partial charge in [0, 0.05) is 11.8 Å². The zero-order valence-corrected chi connectivity index (χ0v) is 17.6. The highest BCUT2D eigenvalue weighted by molar-refractivity contribution is 5.87. The van der Waals surface area contributed by atoms with Gasteiger partial charge in [0.15, 0.2) is 0 Å². The lowest BCUT2D eigenvalue weighted by molar-refractivity contribution is -0.137. The highest BCUT2D eigenvalue weighted by Gasteiger charge is 2.38. The lowest BCUT2D eigenvalue weighted by atomic mass is 10.0. The molecule has 2 N–H and O–H groups in total. The van der Waals surface area contributed by atoms with Crippen LogP contribution in [-0.2, 0) is 16.0 Å². The maximum atomic E-state index is 11.5. The molecule has 0 amide bonds. The van der Waals surface area contributed by atoms with Crippen molar-refractivity contribution in [2.45, 2.75) is 32.2 Å². The number of aliphatic hydroxyl groups is 2. The lowest BCUT2D eigenvalue weighted by Crippen LogP contribution is -2.41. The first-order valence-electron chi connectivity index (χ1n) is 10.3. The molecule has 0 aromatic heterocycles. The second-order valence-electron chi connectivity index (χ2n) is 7.45. The van der Waals surface area contributed by atoms with Crippen LogP contribution in [0.1, 0.15) is 36.1 Å². The van der Waals surface area contributed by atoms with E-state index >= 15 is 0 Å². The summed E-state index contributed by atoms with van der Waals surface area (Å²) >= 11 is 0. The van der Waals surface area contributed by atoms with Gasteiger partial charge >= 0.3 is 5.97 Å². The molecule has 0 spiro atoms. The molecule has 4 rings (SSSR count). The fraction of sp³-hybridized carbons (Fsp3) is 0.292. The number of aryl methyl sites for hydroxylation is 1. The van der Waals surface area contributed by atoms with Gasteiger partial charge in [-0.2, -0.15) is 0 Å². The van der Waals surface area contributed by atoms with Crippen molar-refractivity contribution in [2.24, 2.45) is 0 Å². The van der Waals surface area contributed by atoms with Crippen LogP contribution in [-0.4, -0.2) is 41.2 Å². The van der Waals surface area contributed by atoms with Gasteiger partial charge < -0.3 is 24.6 Å². The van der Waals surface area contributed by atoms with Crippen LogP contribution in [0.5, 0.6) is 5.75 Å². The number of ether oxygens (including phenoxy) is 2. The van der Waals surface area contributed by atoms with Gasteiger partial charge in [-0.25, -0.2) is 4.79 Å². The number of nitrogens with zero attached hydrogens (tertiary/aromatic N) is 2. The van der Waals surface area contributed by atoms with E-state index in [0.717, 1.165) is 24.0 Å². The molecule has 7 nitrogen and oxygen atoms in total. The van der Waals surface area contributed by atoms with Gasteiger partial charge in [0.1, 0.15) is 5.75 Å². The van der Waals surface area contributed by atoms with Crippen molar-refractivity contribution in [3.8, 4) is 5.75 Å². The Kier molecular flexibility index (Phi) is 5.86. The number of carbonyl (C=O) groups excluding carboxylic acids is 1. The van der Waals surface area contributed by atoms with Crippen LogP contribution >= 0.6 is 0 Å². The largest absolute Gasteiger partial charge is 0.497 e. The van der Waals surface area contributed by atoms with E-state index in [4.69, 9.17) is 9.47 Å². The van der Waals surface area contributed by atoms with E-state index < -0.39 is 6.35 Å². The zero-order valence-electron chi connectivity index (χ0n) is 17.6. The summed E-state index contributed by atoms with van der Waals surface area (Å²) in [6, 6.07) is 13.1. The van der Waals surface area contributed by atoms with Crippen LogP contribution in [0, 0.1) is 0 Å². The van der Waals surface area contributed by atoms with E-state index in [9.17, 15) is 15.0 Å². The Morgan fingerprint density at radius 3 is 2.71 bits per heavy atom. The second kappa shape index (κ2) is 8.73. The average Bonchev–Trinajstić information content (AvgIpc) is 3.32. The standard InChI is InChI=1S/C24H26N2O5/c1-3-31-23(28)13-5-16-4-11-20-17(14-16)6-12-21(20)25-15-22(27)26(24(25)29)18-7-9-19(30-2)10-8-18/h4-5,7-11,13-15,21,24,27,29H,3,6,12H2,1-2H3/b13-5+. The minimum Gasteiger partial charge on any atom is -0.497 e. The molecule has 2 aromatic rings. The second-order valence-corrected chi connectivity index (χ2v) is 7.45. The summed E-state index contributed by atoms with van der Waals surface area (Å²) in [4.78, 5) is 14.8. The number of benzene rings is 2. The van der Waals surface area contributed by atoms with Crippen LogP contribution in [0.3, 0.4) is 0 Å². The van der Waals surface area contributed by atoms with Crippen LogP contribution in [0.25, 0.3) is 6.08 Å². The van der Waals surface area contributed by atoms with Crippen molar-refractivity contribution >= 4 is 17.7 Å². The summed E-state index contributed by atoms with van der Waals surface area (Å²) in [5.74, 6) is 0.329. The summed E-state index contributed by atoms with van der Waals surface area (Å²) in [5, 5.41) is 21.5. The molecule has 0 saturated carbocycles. The summed E-state index contributed by atoms with van der Waals surface area (Å²) in [6.45, 7) is 2.12. The Balaban J connectivity index is 1.52. The number of methoxy groups -OCH3 is 1. The predicted molar refractivity (Wildman–Crippen MR) is 117 cm³/mol. The van der Waals surface area contributed by atoms with E-state index in [-0.39, 0.29) is 17.9 Å². The molecule has 7 heteroatoms. The molecule has 2 aromatic carbocycles. The van der Waals surface area contributed by atoms with Crippen molar-refractivity contribution in [2.75, 3.05) is 18.6 Å². The Hall–Kier alpha value is -3.45. The molecule has 2 aliphatic rings. The first kappa shape index (κ1) is 20.8. The summed E-state index contributed by atoms with van der Waals surface area (Å²) in [6.07, 6.45) is 5.40. The zero-order chi connectivity index (χ0) is 22.0. The maximum absolute atomic E-state index is 11.5. The van der Waals surface area contributed by atoms with E-state index in [2.05, 4.69) is 6.07 Å². The van der Waals surface area contributed by atoms with Gasteiger partial charge in [-0.3, -0.25) is 4.90 Å². The Morgan fingerprint density at radius 1 is 1.23 bits per heavy atom. The van der Waals surface area contributed by atoms with E-state index in [1.165, 1.54) is 16.5 Å². The first-order chi connectivity index (χ1) is 15.0. The maximum Gasteiger partial charge on any atom is 0.330 e. The van der Waals surface area contributed by atoms with Gasteiger partial charge in [-0.1, -0.05) is 18.2 Å². The number of aliphatic hydroxyl groups excluding tert-OH is 2. The topological polar surface area (TPSA) is 82.5 Å². The molecule has 1 heterocycles. The SMILES string of the molecule is CCOC(=O)/C=C/c1ccc2c(c1)CCC2N1C=C(O)N(c2ccc(OC)cc2)C1O. The number of rotatable bonds is 6. The number of anilines is 1. The highest BCUT2D eigenvalue weighted by Crippen LogP contribution is 2.41. The number of fused-ring (bicyclic) bond motifs is 1. The van der Waals surface area contributed by atoms with Crippen molar-refractivity contribution in [3.63, 3.8) is 0 Å². The van der Waals surface area contributed by atoms with E-state index in [1.807, 2.05) is 12.1 Å². The Labute approximate surface area is 181 Å². The molecule has 1 aliphatic heterocycles. The molecule has 2 atom stereocenters. The Bertz CT molecular complexity index is 1020. The first-order valence-corrected chi connectivity index (χ1v) is 10.3. The highest BCUT2D eigenvalue weighted by atomic mass is 16.5. The smallest absolute Gasteiger partial charge is 0.330 e. The normalized spacial score (nSPS) is 20.2. The van der Waals surface area contributed by atoms with Crippen LogP contribution < -0.4 is 9.64 Å². The fourth-order valence-corrected chi connectivity index (χ4v) is 4.16. The molecule has 0 saturated heterocycles. The van der Waals surface area contributed by atoms with Gasteiger partial charge in [-0.05, 0) is 66.8 Å². The van der Waals surface area contributed by atoms with Gasteiger partial charge in [0.05, 0.1) is 26.0 Å². The number of hydrogen-bond acceptors (Lipinski definition) is 7.